The minimum absolute atomic E-state index is 0.00322. The van der Waals surface area contributed by atoms with Gasteiger partial charge in [-0.15, -0.1) is 0 Å². The van der Waals surface area contributed by atoms with E-state index < -0.39 is 0 Å². The van der Waals surface area contributed by atoms with E-state index >= 15 is 0 Å². The zero-order valence-electron chi connectivity index (χ0n) is 19.4. The Morgan fingerprint density at radius 3 is 2.32 bits per heavy atom. The average molecular weight is 512 g/mol. The molecule has 0 N–H and O–H groups in total. The maximum atomic E-state index is 13.8. The Labute approximate surface area is 208 Å². The van der Waals surface area contributed by atoms with E-state index in [0.29, 0.717) is 18.4 Å². The monoisotopic (exact) mass is 511 g/mol. The van der Waals surface area contributed by atoms with Crippen molar-refractivity contribution in [2.45, 2.75) is 39.5 Å². The molecule has 0 bridgehead atoms. The van der Waals surface area contributed by atoms with Gasteiger partial charge in [0, 0.05) is 22.9 Å². The Morgan fingerprint density at radius 1 is 0.971 bits per heavy atom. The molecule has 34 heavy (non-hydrogen) atoms. The predicted molar refractivity (Wildman–Crippen MR) is 140 cm³/mol. The maximum Gasteiger partial charge on any atom is 0.261 e. The summed E-state index contributed by atoms with van der Waals surface area (Å²) in [7, 11) is 0. The summed E-state index contributed by atoms with van der Waals surface area (Å²) in [5, 5.41) is 9.42. The van der Waals surface area contributed by atoms with Crippen molar-refractivity contribution < 1.29 is 0 Å². The van der Waals surface area contributed by atoms with Crippen LogP contribution in [0.4, 0.5) is 0 Å². The molecule has 0 aliphatic carbocycles. The van der Waals surface area contributed by atoms with Gasteiger partial charge in [-0.25, -0.2) is 4.98 Å². The van der Waals surface area contributed by atoms with Gasteiger partial charge >= 0.3 is 0 Å². The lowest BCUT2D eigenvalue weighted by Crippen LogP contribution is -2.29. The molecular formula is C29H26BrN3O. The number of hydrogen-bond acceptors (Lipinski definition) is 3. The Bertz CT molecular complexity index is 1400. The van der Waals surface area contributed by atoms with Crippen molar-refractivity contribution in [2.75, 3.05) is 0 Å². The van der Waals surface area contributed by atoms with Crippen LogP contribution in [0, 0.1) is 11.3 Å². The number of halogens is 1. The standard InChI is InChI=1S/C29H26BrN3O/c1-3-7-27-26(29(34)33(28(4-2)32-27)24-16-14-23(30)15-17-24)18-20-10-12-21(13-11-20)25-9-6-5-8-22(25)19-31/h5-6,8-17H,3-4,7,18H2,1-2H3. The molecular weight excluding hydrogens is 486 g/mol. The number of aromatic nitrogens is 2. The summed E-state index contributed by atoms with van der Waals surface area (Å²) in [6, 6.07) is 25.7. The van der Waals surface area contributed by atoms with Crippen molar-refractivity contribution in [1.29, 1.82) is 5.26 Å². The van der Waals surface area contributed by atoms with Crippen LogP contribution in [0.15, 0.2) is 82.1 Å². The highest BCUT2D eigenvalue weighted by Gasteiger charge is 2.17. The topological polar surface area (TPSA) is 58.7 Å². The van der Waals surface area contributed by atoms with Crippen LogP contribution >= 0.6 is 15.9 Å². The third kappa shape index (κ3) is 4.88. The van der Waals surface area contributed by atoms with Crippen LogP contribution in [-0.4, -0.2) is 9.55 Å². The molecule has 0 saturated heterocycles. The molecule has 3 aromatic carbocycles. The second-order valence-corrected chi connectivity index (χ2v) is 9.12. The van der Waals surface area contributed by atoms with Crippen LogP contribution in [0.5, 0.6) is 0 Å². The molecule has 0 saturated carbocycles. The molecule has 0 spiro atoms. The largest absolute Gasteiger partial charge is 0.269 e. The Hall–Kier alpha value is -3.49. The highest BCUT2D eigenvalue weighted by molar-refractivity contribution is 9.10. The summed E-state index contributed by atoms with van der Waals surface area (Å²) in [5.41, 5.74) is 6.04. The smallest absolute Gasteiger partial charge is 0.261 e. The van der Waals surface area contributed by atoms with E-state index in [1.54, 1.807) is 4.57 Å². The van der Waals surface area contributed by atoms with Crippen molar-refractivity contribution >= 4 is 15.9 Å². The molecule has 0 amide bonds. The van der Waals surface area contributed by atoms with Gasteiger partial charge in [0.05, 0.1) is 23.0 Å². The van der Waals surface area contributed by atoms with Crippen LogP contribution in [0.2, 0.25) is 0 Å². The van der Waals surface area contributed by atoms with Gasteiger partial charge < -0.3 is 0 Å². The van der Waals surface area contributed by atoms with Crippen molar-refractivity contribution in [3.05, 3.63) is 116 Å². The highest BCUT2D eigenvalue weighted by Crippen LogP contribution is 2.24. The fourth-order valence-electron chi connectivity index (χ4n) is 4.20. The second kappa shape index (κ2) is 10.6. The summed E-state index contributed by atoms with van der Waals surface area (Å²) < 4.78 is 2.72. The van der Waals surface area contributed by atoms with Gasteiger partial charge in [0.2, 0.25) is 0 Å². The predicted octanol–water partition coefficient (Wildman–Crippen LogP) is 6.64. The number of nitrogens with zero attached hydrogens (tertiary/aromatic N) is 3. The van der Waals surface area contributed by atoms with Crippen LogP contribution in [-0.2, 0) is 19.3 Å². The molecule has 4 nitrogen and oxygen atoms in total. The minimum atomic E-state index is -0.00322. The van der Waals surface area contributed by atoms with Gasteiger partial charge in [-0.1, -0.05) is 78.7 Å². The van der Waals surface area contributed by atoms with Gasteiger partial charge in [-0.3, -0.25) is 9.36 Å². The van der Waals surface area contributed by atoms with Crippen LogP contribution < -0.4 is 5.56 Å². The summed E-state index contributed by atoms with van der Waals surface area (Å²) in [4.78, 5) is 18.7. The van der Waals surface area contributed by atoms with Gasteiger partial charge in [0.1, 0.15) is 5.82 Å². The van der Waals surface area contributed by atoms with Gasteiger partial charge in [0.15, 0.2) is 0 Å². The molecule has 170 valence electrons. The van der Waals surface area contributed by atoms with Crippen molar-refractivity contribution in [3.8, 4) is 22.9 Å². The quantitative estimate of drug-likeness (QED) is 0.279. The highest BCUT2D eigenvalue weighted by atomic mass is 79.9. The molecule has 0 fully saturated rings. The van der Waals surface area contributed by atoms with E-state index in [2.05, 4.69) is 28.9 Å². The third-order valence-corrected chi connectivity index (χ3v) is 6.44. The number of nitriles is 1. The summed E-state index contributed by atoms with van der Waals surface area (Å²) in [6.07, 6.45) is 2.89. The lowest BCUT2D eigenvalue weighted by atomic mass is 9.97. The summed E-state index contributed by atoms with van der Waals surface area (Å²) in [6.45, 7) is 4.14. The number of hydrogen-bond donors (Lipinski definition) is 0. The number of aryl methyl sites for hydroxylation is 2. The van der Waals surface area contributed by atoms with Gasteiger partial charge in [-0.2, -0.15) is 5.26 Å². The van der Waals surface area contributed by atoms with E-state index in [9.17, 15) is 10.1 Å². The third-order valence-electron chi connectivity index (χ3n) is 5.91. The molecule has 0 radical (unpaired) electrons. The lowest BCUT2D eigenvalue weighted by molar-refractivity contribution is 0.746. The van der Waals surface area contributed by atoms with Crippen molar-refractivity contribution in [3.63, 3.8) is 0 Å². The fraction of sp³-hybridized carbons (Fsp3) is 0.207. The van der Waals surface area contributed by atoms with Crippen LogP contribution in [0.25, 0.3) is 16.8 Å². The molecule has 0 unspecified atom stereocenters. The Morgan fingerprint density at radius 2 is 1.68 bits per heavy atom. The molecule has 5 heteroatoms. The first-order valence-corrected chi connectivity index (χ1v) is 12.3. The molecule has 1 heterocycles. The van der Waals surface area contributed by atoms with Gasteiger partial charge in [-0.05, 0) is 53.4 Å². The van der Waals surface area contributed by atoms with Crippen molar-refractivity contribution in [1.82, 2.24) is 9.55 Å². The maximum absolute atomic E-state index is 13.8. The first-order chi connectivity index (χ1) is 16.5. The SMILES string of the molecule is CCCc1nc(CC)n(-c2ccc(Br)cc2)c(=O)c1Cc1ccc(-c2ccccc2C#N)cc1. The Kier molecular flexibility index (Phi) is 7.40. The van der Waals surface area contributed by atoms with E-state index in [1.165, 1.54) is 0 Å². The fourth-order valence-corrected chi connectivity index (χ4v) is 4.47. The average Bonchev–Trinajstić information content (AvgIpc) is 2.87. The Balaban J connectivity index is 1.76. The summed E-state index contributed by atoms with van der Waals surface area (Å²) >= 11 is 3.47. The summed E-state index contributed by atoms with van der Waals surface area (Å²) in [5.74, 6) is 0.781. The first kappa shape index (κ1) is 23.7. The minimum Gasteiger partial charge on any atom is -0.269 e. The van der Waals surface area contributed by atoms with Crippen molar-refractivity contribution in [2.24, 2.45) is 0 Å². The first-order valence-electron chi connectivity index (χ1n) is 11.5. The van der Waals surface area contributed by atoms with Gasteiger partial charge in [0.25, 0.3) is 5.56 Å². The molecule has 4 rings (SSSR count). The van der Waals surface area contributed by atoms with Crippen LogP contribution in [0.1, 0.15) is 48.5 Å². The van der Waals surface area contributed by atoms with E-state index in [-0.39, 0.29) is 5.56 Å². The number of benzene rings is 3. The lowest BCUT2D eigenvalue weighted by Gasteiger charge is -2.17. The molecule has 1 aromatic heterocycles. The zero-order chi connectivity index (χ0) is 24.1. The number of rotatable bonds is 7. The van der Waals surface area contributed by atoms with Crippen LogP contribution in [0.3, 0.4) is 0 Å². The van der Waals surface area contributed by atoms with E-state index in [4.69, 9.17) is 4.98 Å². The molecule has 0 atom stereocenters. The molecule has 0 aliphatic heterocycles. The molecule has 0 aliphatic rings. The normalized spacial score (nSPS) is 10.8. The van der Waals surface area contributed by atoms with E-state index in [1.807, 2.05) is 79.7 Å². The zero-order valence-corrected chi connectivity index (χ0v) is 21.0. The second-order valence-electron chi connectivity index (χ2n) is 8.20. The van der Waals surface area contributed by atoms with E-state index in [0.717, 1.165) is 56.8 Å². The molecule has 4 aromatic rings.